The monoisotopic (exact) mass is 420 g/mol. The summed E-state index contributed by atoms with van der Waals surface area (Å²) in [7, 11) is -0.335. The molecule has 154 valence electrons. The predicted octanol–water partition coefficient (Wildman–Crippen LogP) is 2.56. The third-order valence-corrected chi connectivity index (χ3v) is 5.30. The molecular formula is C19H20N2O7S. The Morgan fingerprint density at radius 3 is 2.38 bits per heavy atom. The molecule has 2 aromatic rings. The first-order valence-electron chi connectivity index (χ1n) is 8.58. The topological polar surface area (TPSA) is 125 Å². The first kappa shape index (κ1) is 22.0. The number of ether oxygens (including phenoxy) is 2. The van der Waals surface area contributed by atoms with E-state index < -0.39 is 33.8 Å². The molecule has 9 nitrogen and oxygen atoms in total. The van der Waals surface area contributed by atoms with Gasteiger partial charge in [0.25, 0.3) is 5.69 Å². The summed E-state index contributed by atoms with van der Waals surface area (Å²) < 4.78 is 22.1. The van der Waals surface area contributed by atoms with Crippen molar-refractivity contribution in [1.82, 2.24) is 5.32 Å². The molecule has 10 heteroatoms. The van der Waals surface area contributed by atoms with Gasteiger partial charge in [0.1, 0.15) is 12.6 Å². The fourth-order valence-electron chi connectivity index (χ4n) is 2.36. The number of nitrogens with zero attached hydrogens (tertiary/aromatic N) is 1. The van der Waals surface area contributed by atoms with Crippen molar-refractivity contribution in [3.05, 3.63) is 70.3 Å². The zero-order valence-corrected chi connectivity index (χ0v) is 16.4. The Morgan fingerprint density at radius 2 is 1.79 bits per heavy atom. The Bertz CT molecular complexity index is 872. The van der Waals surface area contributed by atoms with Gasteiger partial charge in [-0.1, -0.05) is 30.3 Å². The van der Waals surface area contributed by atoms with Gasteiger partial charge >= 0.3 is 12.1 Å². The second-order valence-corrected chi connectivity index (χ2v) is 7.44. The first-order chi connectivity index (χ1) is 13.9. The Labute approximate surface area is 169 Å². The normalized spacial score (nSPS) is 12.4. The second kappa shape index (κ2) is 10.9. The Hall–Kier alpha value is -3.27. The maximum Gasteiger partial charge on any atom is 0.408 e. The fraction of sp³-hybridized carbons (Fsp3) is 0.263. The number of carbonyl (C=O) groups excluding carboxylic acids is 2. The minimum absolute atomic E-state index is 0.0370. The van der Waals surface area contributed by atoms with Crippen molar-refractivity contribution in [2.75, 3.05) is 12.9 Å². The van der Waals surface area contributed by atoms with Gasteiger partial charge in [-0.05, 0) is 24.1 Å². The molecule has 0 aliphatic heterocycles. The van der Waals surface area contributed by atoms with Gasteiger partial charge in [-0.15, -0.1) is 0 Å². The van der Waals surface area contributed by atoms with Gasteiger partial charge in [0.15, 0.2) is 0 Å². The lowest BCUT2D eigenvalue weighted by molar-refractivity contribution is -0.384. The van der Waals surface area contributed by atoms with E-state index in [9.17, 15) is 23.9 Å². The molecule has 0 radical (unpaired) electrons. The molecule has 0 saturated heterocycles. The van der Waals surface area contributed by atoms with E-state index in [4.69, 9.17) is 4.74 Å². The third kappa shape index (κ3) is 7.00. The summed E-state index contributed by atoms with van der Waals surface area (Å²) in [6, 6.07) is 13.3. The number of nitro groups is 1. The van der Waals surface area contributed by atoms with E-state index in [1.165, 1.54) is 31.4 Å². The Balaban J connectivity index is 1.90. The van der Waals surface area contributed by atoms with Crippen LogP contribution in [0.4, 0.5) is 10.5 Å². The van der Waals surface area contributed by atoms with Crippen molar-refractivity contribution < 1.29 is 28.2 Å². The molecule has 0 aromatic heterocycles. The van der Waals surface area contributed by atoms with E-state index in [0.29, 0.717) is 4.90 Å². The zero-order valence-electron chi connectivity index (χ0n) is 15.6. The van der Waals surface area contributed by atoms with E-state index in [0.717, 1.165) is 5.56 Å². The number of alkyl carbamates (subject to hydrolysis) is 1. The van der Waals surface area contributed by atoms with Crippen LogP contribution in [0.2, 0.25) is 0 Å². The van der Waals surface area contributed by atoms with Gasteiger partial charge in [0, 0.05) is 22.8 Å². The molecule has 0 spiro atoms. The van der Waals surface area contributed by atoms with Crippen LogP contribution >= 0.6 is 0 Å². The van der Waals surface area contributed by atoms with Gasteiger partial charge in [0.05, 0.1) is 22.8 Å². The summed E-state index contributed by atoms with van der Waals surface area (Å²) in [5.41, 5.74) is 0.678. The molecule has 0 saturated carbocycles. The molecule has 2 aromatic carbocycles. The maximum absolute atomic E-state index is 12.4. The summed E-state index contributed by atoms with van der Waals surface area (Å²) in [5.74, 6) is -0.654. The lowest BCUT2D eigenvalue weighted by Crippen LogP contribution is -2.42. The standard InChI is InChI=1S/C19H20N2O7S/c1-27-18(22)17(20-19(23)28-13-14-5-3-2-4-6-14)11-12-29(26)16-9-7-15(8-10-16)21(24)25/h2-10,17H,11-13H2,1H3,(H,20,23)/t17-,29?/m0/s1. The molecule has 2 rings (SSSR count). The molecule has 0 aliphatic rings. The number of nitrogens with one attached hydrogen (secondary N) is 1. The van der Waals surface area contributed by atoms with Gasteiger partial charge in [-0.3, -0.25) is 14.3 Å². The SMILES string of the molecule is COC(=O)[C@H](CCS(=O)c1ccc([N+](=O)[O-])cc1)NC(=O)OCc1ccccc1. The lowest BCUT2D eigenvalue weighted by atomic mass is 10.2. The van der Waals surface area contributed by atoms with Crippen molar-refractivity contribution in [3.8, 4) is 0 Å². The van der Waals surface area contributed by atoms with Crippen LogP contribution in [0.15, 0.2) is 59.5 Å². The van der Waals surface area contributed by atoms with Crippen molar-refractivity contribution in [3.63, 3.8) is 0 Å². The third-order valence-electron chi connectivity index (χ3n) is 3.89. The minimum atomic E-state index is -1.51. The van der Waals surface area contributed by atoms with Crippen molar-refractivity contribution >= 4 is 28.5 Å². The number of non-ortho nitro benzene ring substituents is 1. The summed E-state index contributed by atoms with van der Waals surface area (Å²) in [6.07, 6.45) is -0.762. The van der Waals surface area contributed by atoms with Crippen LogP contribution < -0.4 is 5.32 Å². The van der Waals surface area contributed by atoms with E-state index in [1.807, 2.05) is 6.07 Å². The van der Waals surface area contributed by atoms with Crippen LogP contribution in [0.3, 0.4) is 0 Å². The number of benzene rings is 2. The highest BCUT2D eigenvalue weighted by Gasteiger charge is 2.23. The molecule has 1 unspecified atom stereocenters. The molecular weight excluding hydrogens is 400 g/mol. The zero-order chi connectivity index (χ0) is 21.2. The molecule has 2 atom stereocenters. The van der Waals surface area contributed by atoms with Gasteiger partial charge in [-0.25, -0.2) is 9.59 Å². The average Bonchev–Trinajstić information content (AvgIpc) is 2.75. The molecule has 1 amide bonds. The van der Waals surface area contributed by atoms with Crippen molar-refractivity contribution in [2.24, 2.45) is 0 Å². The number of methoxy groups -OCH3 is 1. The van der Waals surface area contributed by atoms with Crippen LogP contribution in [0.1, 0.15) is 12.0 Å². The van der Waals surface area contributed by atoms with Crippen LogP contribution in [-0.4, -0.2) is 40.1 Å². The van der Waals surface area contributed by atoms with E-state index >= 15 is 0 Å². The van der Waals surface area contributed by atoms with Gasteiger partial charge in [-0.2, -0.15) is 0 Å². The summed E-state index contributed by atoms with van der Waals surface area (Å²) in [4.78, 5) is 34.4. The highest BCUT2D eigenvalue weighted by Crippen LogP contribution is 2.15. The number of amides is 1. The average molecular weight is 420 g/mol. The molecule has 1 N–H and O–H groups in total. The predicted molar refractivity (Wildman–Crippen MR) is 105 cm³/mol. The molecule has 0 heterocycles. The van der Waals surface area contributed by atoms with Crippen LogP contribution in [-0.2, 0) is 31.7 Å². The van der Waals surface area contributed by atoms with Gasteiger partial charge in [0.2, 0.25) is 0 Å². The highest BCUT2D eigenvalue weighted by atomic mass is 32.2. The Morgan fingerprint density at radius 1 is 1.14 bits per heavy atom. The smallest absolute Gasteiger partial charge is 0.408 e. The maximum atomic E-state index is 12.4. The quantitative estimate of drug-likeness (QED) is 0.375. The summed E-state index contributed by atoms with van der Waals surface area (Å²) >= 11 is 0. The highest BCUT2D eigenvalue weighted by molar-refractivity contribution is 7.85. The van der Waals surface area contributed by atoms with Crippen LogP contribution in [0.25, 0.3) is 0 Å². The Kier molecular flexibility index (Phi) is 8.28. The molecule has 0 fully saturated rings. The van der Waals surface area contributed by atoms with Crippen molar-refractivity contribution in [1.29, 1.82) is 0 Å². The second-order valence-electron chi connectivity index (χ2n) is 5.87. The lowest BCUT2D eigenvalue weighted by Gasteiger charge is -2.16. The number of esters is 1. The van der Waals surface area contributed by atoms with Crippen LogP contribution in [0, 0.1) is 10.1 Å². The number of hydrogen-bond acceptors (Lipinski definition) is 7. The number of carbonyl (C=O) groups is 2. The minimum Gasteiger partial charge on any atom is -0.467 e. The largest absolute Gasteiger partial charge is 0.467 e. The number of hydrogen-bond donors (Lipinski definition) is 1. The molecule has 0 bridgehead atoms. The molecule has 0 aliphatic carbocycles. The fourth-order valence-corrected chi connectivity index (χ4v) is 3.49. The number of nitro benzene ring substituents is 1. The van der Waals surface area contributed by atoms with Crippen LogP contribution in [0.5, 0.6) is 0 Å². The van der Waals surface area contributed by atoms with Crippen molar-refractivity contribution in [2.45, 2.75) is 24.0 Å². The summed E-state index contributed by atoms with van der Waals surface area (Å²) in [6.45, 7) is 0.0370. The first-order valence-corrected chi connectivity index (χ1v) is 9.90. The molecule has 29 heavy (non-hydrogen) atoms. The van der Waals surface area contributed by atoms with E-state index in [-0.39, 0.29) is 24.5 Å². The number of rotatable bonds is 9. The van der Waals surface area contributed by atoms with E-state index in [1.54, 1.807) is 24.3 Å². The summed E-state index contributed by atoms with van der Waals surface area (Å²) in [5, 5.41) is 13.1. The van der Waals surface area contributed by atoms with Gasteiger partial charge < -0.3 is 14.8 Å². The van der Waals surface area contributed by atoms with E-state index in [2.05, 4.69) is 10.1 Å².